The molecule has 2 aromatic carbocycles. The lowest BCUT2D eigenvalue weighted by Gasteiger charge is -2.29. The first-order chi connectivity index (χ1) is 15.0. The molecule has 1 aromatic heterocycles. The highest BCUT2D eigenvalue weighted by Crippen LogP contribution is 2.42. The van der Waals surface area contributed by atoms with E-state index in [1.165, 1.54) is 11.8 Å². The second-order valence-electron chi connectivity index (χ2n) is 6.72. The highest BCUT2D eigenvalue weighted by molar-refractivity contribution is 9.10. The van der Waals surface area contributed by atoms with Gasteiger partial charge in [-0.2, -0.15) is 0 Å². The van der Waals surface area contributed by atoms with Crippen LogP contribution in [0.5, 0.6) is 5.75 Å². The zero-order chi connectivity index (χ0) is 21.8. The van der Waals surface area contributed by atoms with E-state index < -0.39 is 0 Å². The molecule has 1 aliphatic rings. The zero-order valence-corrected chi connectivity index (χ0v) is 19.9. The Labute approximate surface area is 197 Å². The van der Waals surface area contributed by atoms with E-state index in [1.54, 1.807) is 23.3 Å². The van der Waals surface area contributed by atoms with Crippen molar-refractivity contribution in [3.05, 3.63) is 79.8 Å². The van der Waals surface area contributed by atoms with Crippen molar-refractivity contribution in [1.82, 2.24) is 5.32 Å². The van der Waals surface area contributed by atoms with Gasteiger partial charge in [0.15, 0.2) is 0 Å². The highest BCUT2D eigenvalue weighted by Gasteiger charge is 2.30. The topological polar surface area (TPSA) is 58.6 Å². The van der Waals surface area contributed by atoms with Crippen molar-refractivity contribution in [3.63, 3.8) is 0 Å². The average Bonchev–Trinajstić information content (AvgIpc) is 3.29. The van der Waals surface area contributed by atoms with Gasteiger partial charge in [-0.3, -0.25) is 14.5 Å². The Balaban J connectivity index is 1.58. The third kappa shape index (κ3) is 5.03. The molecule has 0 saturated heterocycles. The van der Waals surface area contributed by atoms with E-state index in [4.69, 9.17) is 4.74 Å². The maximum absolute atomic E-state index is 13.3. The molecule has 0 bridgehead atoms. The first kappa shape index (κ1) is 21.7. The van der Waals surface area contributed by atoms with Gasteiger partial charge in [0.25, 0.3) is 5.91 Å². The third-order valence-corrected chi connectivity index (χ3v) is 7.22. The molecule has 5 nitrogen and oxygen atoms in total. The fourth-order valence-corrected chi connectivity index (χ4v) is 5.40. The Morgan fingerprint density at radius 3 is 2.77 bits per heavy atom. The molecule has 31 heavy (non-hydrogen) atoms. The van der Waals surface area contributed by atoms with Crippen molar-refractivity contribution in [3.8, 4) is 5.75 Å². The van der Waals surface area contributed by atoms with Crippen LogP contribution in [-0.2, 0) is 16.1 Å². The monoisotopic (exact) mass is 514 g/mol. The van der Waals surface area contributed by atoms with E-state index in [9.17, 15) is 9.59 Å². The first-order valence-electron chi connectivity index (χ1n) is 9.48. The number of fused-ring (bicyclic) bond motifs is 1. The summed E-state index contributed by atoms with van der Waals surface area (Å²) in [6.07, 6.45) is 1.84. The molecule has 2 heterocycles. The molecular formula is C23H19BrN2O3S2. The molecular weight excluding hydrogens is 496 g/mol. The number of anilines is 1. The lowest BCUT2D eigenvalue weighted by atomic mass is 10.2. The van der Waals surface area contributed by atoms with Crippen LogP contribution in [0.15, 0.2) is 74.3 Å². The number of halogens is 1. The number of carbonyl (C=O) groups is 2. The Morgan fingerprint density at radius 1 is 1.19 bits per heavy atom. The quantitative estimate of drug-likeness (QED) is 0.452. The Kier molecular flexibility index (Phi) is 6.80. The molecule has 0 fully saturated rings. The number of methoxy groups -OCH3 is 1. The van der Waals surface area contributed by atoms with Gasteiger partial charge in [-0.15, -0.1) is 11.3 Å². The van der Waals surface area contributed by atoms with E-state index in [1.807, 2.05) is 66.1 Å². The van der Waals surface area contributed by atoms with Crippen molar-refractivity contribution in [2.24, 2.45) is 0 Å². The molecule has 0 spiro atoms. The number of carbonyl (C=O) groups excluding carboxylic acids is 2. The number of thioether (sulfide) groups is 1. The van der Waals surface area contributed by atoms with E-state index in [-0.39, 0.29) is 18.4 Å². The van der Waals surface area contributed by atoms with Crippen molar-refractivity contribution in [1.29, 1.82) is 0 Å². The number of amides is 2. The second-order valence-corrected chi connectivity index (χ2v) is 9.69. The molecule has 0 atom stereocenters. The molecule has 3 aromatic rings. The van der Waals surface area contributed by atoms with Gasteiger partial charge in [-0.05, 0) is 63.3 Å². The van der Waals surface area contributed by atoms with Crippen LogP contribution in [0.25, 0.3) is 6.08 Å². The lowest BCUT2D eigenvalue weighted by molar-refractivity contribution is -0.122. The SMILES string of the molecule is COc1ccc(/C=C2/Sc3ccccc3N(CC(=O)NCc3cccs3)C2=O)cc1Br. The van der Waals surface area contributed by atoms with Crippen molar-refractivity contribution in [2.45, 2.75) is 11.4 Å². The third-order valence-electron chi connectivity index (χ3n) is 4.65. The number of benzene rings is 2. The van der Waals surface area contributed by atoms with Gasteiger partial charge < -0.3 is 10.1 Å². The molecule has 0 unspecified atom stereocenters. The van der Waals surface area contributed by atoms with Crippen LogP contribution < -0.4 is 15.0 Å². The predicted octanol–water partition coefficient (Wildman–Crippen LogP) is 5.32. The number of para-hydroxylation sites is 1. The van der Waals surface area contributed by atoms with Crippen molar-refractivity contribution >= 4 is 62.6 Å². The summed E-state index contributed by atoms with van der Waals surface area (Å²) in [5.74, 6) is 0.330. The molecule has 0 radical (unpaired) electrons. The molecule has 1 N–H and O–H groups in total. The fourth-order valence-electron chi connectivity index (χ4n) is 3.14. The average molecular weight is 515 g/mol. The van der Waals surface area contributed by atoms with Crippen LogP contribution in [0.1, 0.15) is 10.4 Å². The number of thiophene rings is 1. The smallest absolute Gasteiger partial charge is 0.265 e. The Hall–Kier alpha value is -2.55. The van der Waals surface area contributed by atoms with Crippen molar-refractivity contribution < 1.29 is 14.3 Å². The van der Waals surface area contributed by atoms with Crippen LogP contribution >= 0.6 is 39.0 Å². The Morgan fingerprint density at radius 2 is 2.03 bits per heavy atom. The second kappa shape index (κ2) is 9.72. The number of rotatable bonds is 6. The van der Waals surface area contributed by atoms with E-state index in [2.05, 4.69) is 21.2 Å². The summed E-state index contributed by atoms with van der Waals surface area (Å²) in [6.45, 7) is 0.420. The number of nitrogens with zero attached hydrogens (tertiary/aromatic N) is 1. The number of ether oxygens (including phenoxy) is 1. The van der Waals surface area contributed by atoms with Crippen LogP contribution in [0.2, 0.25) is 0 Å². The summed E-state index contributed by atoms with van der Waals surface area (Å²) in [4.78, 5) is 30.0. The summed E-state index contributed by atoms with van der Waals surface area (Å²) in [6, 6.07) is 17.2. The van der Waals surface area contributed by atoms with Crippen molar-refractivity contribution in [2.75, 3.05) is 18.6 Å². The number of hydrogen-bond acceptors (Lipinski definition) is 5. The lowest BCUT2D eigenvalue weighted by Crippen LogP contribution is -2.42. The van der Waals surface area contributed by atoms with Gasteiger partial charge in [0.1, 0.15) is 12.3 Å². The molecule has 1 aliphatic heterocycles. The predicted molar refractivity (Wildman–Crippen MR) is 129 cm³/mol. The summed E-state index contributed by atoms with van der Waals surface area (Å²) in [5.41, 5.74) is 1.61. The molecule has 2 amide bonds. The van der Waals surface area contributed by atoms with Gasteiger partial charge >= 0.3 is 0 Å². The maximum Gasteiger partial charge on any atom is 0.265 e. The minimum Gasteiger partial charge on any atom is -0.496 e. The van der Waals surface area contributed by atoms with Gasteiger partial charge in [0.2, 0.25) is 5.91 Å². The summed E-state index contributed by atoms with van der Waals surface area (Å²) >= 11 is 6.48. The number of nitrogens with one attached hydrogen (secondary N) is 1. The molecule has 4 rings (SSSR count). The number of hydrogen-bond donors (Lipinski definition) is 1. The van der Waals surface area contributed by atoms with Gasteiger partial charge in [0.05, 0.1) is 28.7 Å². The minimum absolute atomic E-state index is 0.0363. The highest BCUT2D eigenvalue weighted by atomic mass is 79.9. The maximum atomic E-state index is 13.3. The van der Waals surface area contributed by atoms with Crippen LogP contribution in [-0.4, -0.2) is 25.5 Å². The first-order valence-corrected chi connectivity index (χ1v) is 12.0. The van der Waals surface area contributed by atoms with Crippen LogP contribution in [0, 0.1) is 0 Å². The van der Waals surface area contributed by atoms with Crippen LogP contribution in [0.3, 0.4) is 0 Å². The minimum atomic E-state index is -0.199. The molecule has 0 aliphatic carbocycles. The van der Waals surface area contributed by atoms with E-state index in [0.717, 1.165) is 31.2 Å². The normalized spacial score (nSPS) is 14.5. The van der Waals surface area contributed by atoms with Gasteiger partial charge in [0, 0.05) is 9.77 Å². The summed E-state index contributed by atoms with van der Waals surface area (Å²) in [7, 11) is 1.61. The molecule has 0 saturated carbocycles. The van der Waals surface area contributed by atoms with E-state index in [0.29, 0.717) is 11.4 Å². The largest absolute Gasteiger partial charge is 0.496 e. The fraction of sp³-hybridized carbons (Fsp3) is 0.130. The van der Waals surface area contributed by atoms with Gasteiger partial charge in [-0.1, -0.05) is 36.0 Å². The summed E-state index contributed by atoms with van der Waals surface area (Å²) in [5, 5.41) is 4.87. The zero-order valence-electron chi connectivity index (χ0n) is 16.6. The molecule has 8 heteroatoms. The Bertz CT molecular complexity index is 1150. The summed E-state index contributed by atoms with van der Waals surface area (Å²) < 4.78 is 6.08. The van der Waals surface area contributed by atoms with E-state index >= 15 is 0 Å². The molecule has 158 valence electrons. The van der Waals surface area contributed by atoms with Gasteiger partial charge in [-0.25, -0.2) is 0 Å². The standard InChI is InChI=1S/C23H19BrN2O3S2/c1-29-19-9-8-15(11-17(19)24)12-21-23(28)26(18-6-2-3-7-20(18)31-21)14-22(27)25-13-16-5-4-10-30-16/h2-12H,13-14H2,1H3,(H,25,27)/b21-12+. The van der Waals surface area contributed by atoms with Crippen LogP contribution in [0.4, 0.5) is 5.69 Å².